The Bertz CT molecular complexity index is 856. The summed E-state index contributed by atoms with van der Waals surface area (Å²) in [7, 11) is -3.53. The predicted molar refractivity (Wildman–Crippen MR) is 95.2 cm³/mol. The van der Waals surface area contributed by atoms with Crippen LogP contribution in [0.15, 0.2) is 40.6 Å². The normalized spacial score (nSPS) is 16.3. The molecule has 24 heavy (non-hydrogen) atoms. The molecule has 1 aliphatic heterocycles. The van der Waals surface area contributed by atoms with Crippen molar-refractivity contribution in [3.05, 3.63) is 51.9 Å². The highest BCUT2D eigenvalue weighted by molar-refractivity contribution is 7.91. The lowest BCUT2D eigenvalue weighted by Gasteiger charge is -2.33. The highest BCUT2D eigenvalue weighted by Gasteiger charge is 2.31. The molecule has 1 aromatic carbocycles. The molecular weight excluding hydrogens is 368 g/mol. The third kappa shape index (κ3) is 3.49. The van der Waals surface area contributed by atoms with Crippen molar-refractivity contribution in [2.45, 2.75) is 11.1 Å². The number of thiophene rings is 1. The van der Waals surface area contributed by atoms with E-state index in [0.29, 0.717) is 23.0 Å². The molecule has 0 unspecified atom stereocenters. The molecule has 0 bridgehead atoms. The molecule has 3 rings (SSSR count). The fourth-order valence-electron chi connectivity index (χ4n) is 2.66. The minimum absolute atomic E-state index is 0.0603. The van der Waals surface area contributed by atoms with Gasteiger partial charge in [-0.2, -0.15) is 4.31 Å². The lowest BCUT2D eigenvalue weighted by atomic mass is 10.1. The van der Waals surface area contributed by atoms with Gasteiger partial charge in [-0.05, 0) is 31.2 Å². The van der Waals surface area contributed by atoms with Gasteiger partial charge in [0.05, 0.1) is 4.34 Å². The van der Waals surface area contributed by atoms with Crippen LogP contribution < -0.4 is 0 Å². The Morgan fingerprint density at radius 2 is 1.83 bits per heavy atom. The highest BCUT2D eigenvalue weighted by Crippen LogP contribution is 2.28. The van der Waals surface area contributed by atoms with Crippen molar-refractivity contribution in [1.29, 1.82) is 0 Å². The first-order valence-electron chi connectivity index (χ1n) is 7.49. The van der Waals surface area contributed by atoms with Crippen LogP contribution >= 0.6 is 22.9 Å². The molecule has 2 aromatic rings. The van der Waals surface area contributed by atoms with Crippen LogP contribution in [-0.2, 0) is 10.0 Å². The molecule has 1 aliphatic rings. The molecule has 0 atom stereocenters. The molecule has 0 aliphatic carbocycles. The molecule has 1 fully saturated rings. The molecule has 128 valence electrons. The lowest BCUT2D eigenvalue weighted by molar-refractivity contribution is 0.0698. The minimum Gasteiger partial charge on any atom is -0.336 e. The summed E-state index contributed by atoms with van der Waals surface area (Å²) in [6.45, 7) is 3.27. The highest BCUT2D eigenvalue weighted by atomic mass is 35.5. The van der Waals surface area contributed by atoms with E-state index >= 15 is 0 Å². The summed E-state index contributed by atoms with van der Waals surface area (Å²) in [6, 6.07) is 10.5. The number of piperazine rings is 1. The Morgan fingerprint density at radius 1 is 1.12 bits per heavy atom. The maximum atomic E-state index is 12.6. The summed E-state index contributed by atoms with van der Waals surface area (Å²) in [5, 5.41) is 0. The molecule has 5 nitrogen and oxygen atoms in total. The van der Waals surface area contributed by atoms with E-state index in [0.717, 1.165) is 16.9 Å². The van der Waals surface area contributed by atoms with Crippen LogP contribution in [0.3, 0.4) is 0 Å². The smallest absolute Gasteiger partial charge is 0.253 e. The van der Waals surface area contributed by atoms with Gasteiger partial charge < -0.3 is 4.90 Å². The molecule has 0 radical (unpaired) electrons. The second-order valence-electron chi connectivity index (χ2n) is 5.62. The summed E-state index contributed by atoms with van der Waals surface area (Å²) in [5.74, 6) is -0.0603. The van der Waals surface area contributed by atoms with E-state index in [1.165, 1.54) is 10.4 Å². The number of carbonyl (C=O) groups is 1. The maximum Gasteiger partial charge on any atom is 0.253 e. The second-order valence-corrected chi connectivity index (χ2v) is 9.50. The summed E-state index contributed by atoms with van der Waals surface area (Å²) < 4.78 is 27.2. The Balaban J connectivity index is 1.68. The van der Waals surface area contributed by atoms with E-state index in [4.69, 9.17) is 11.6 Å². The van der Waals surface area contributed by atoms with Gasteiger partial charge >= 0.3 is 0 Å². The van der Waals surface area contributed by atoms with Crippen LogP contribution in [0.5, 0.6) is 0 Å². The molecule has 1 saturated heterocycles. The topological polar surface area (TPSA) is 57.7 Å². The molecule has 1 amide bonds. The van der Waals surface area contributed by atoms with Crippen molar-refractivity contribution in [3.8, 4) is 0 Å². The number of rotatable bonds is 3. The molecule has 8 heteroatoms. The van der Waals surface area contributed by atoms with Crippen LogP contribution in [0.4, 0.5) is 0 Å². The van der Waals surface area contributed by atoms with Gasteiger partial charge in [0.1, 0.15) is 4.21 Å². The Morgan fingerprint density at radius 3 is 2.42 bits per heavy atom. The van der Waals surface area contributed by atoms with E-state index in [9.17, 15) is 13.2 Å². The van der Waals surface area contributed by atoms with E-state index in [1.807, 2.05) is 25.1 Å². The zero-order chi connectivity index (χ0) is 17.3. The third-order valence-electron chi connectivity index (χ3n) is 3.93. The number of aryl methyl sites for hydroxylation is 1. The first-order chi connectivity index (χ1) is 11.4. The Kier molecular flexibility index (Phi) is 4.96. The molecule has 1 aromatic heterocycles. The van der Waals surface area contributed by atoms with Gasteiger partial charge in [-0.15, -0.1) is 11.3 Å². The van der Waals surface area contributed by atoms with Crippen LogP contribution in [-0.4, -0.2) is 49.7 Å². The minimum atomic E-state index is -3.53. The zero-order valence-corrected chi connectivity index (χ0v) is 15.5. The molecule has 2 heterocycles. The van der Waals surface area contributed by atoms with Gasteiger partial charge in [0.2, 0.25) is 0 Å². The number of halogens is 1. The van der Waals surface area contributed by atoms with Crippen molar-refractivity contribution in [3.63, 3.8) is 0 Å². The summed E-state index contributed by atoms with van der Waals surface area (Å²) in [6.07, 6.45) is 0. The number of benzene rings is 1. The van der Waals surface area contributed by atoms with E-state index < -0.39 is 10.0 Å². The van der Waals surface area contributed by atoms with Gasteiger partial charge in [0.25, 0.3) is 15.9 Å². The van der Waals surface area contributed by atoms with Gasteiger partial charge in [-0.25, -0.2) is 8.42 Å². The third-order valence-corrected chi connectivity index (χ3v) is 7.53. The first-order valence-corrected chi connectivity index (χ1v) is 10.1. The molecule has 0 spiro atoms. The van der Waals surface area contributed by atoms with Gasteiger partial charge in [0.15, 0.2) is 0 Å². The number of nitrogens with zero attached hydrogens (tertiary/aromatic N) is 2. The number of amides is 1. The quantitative estimate of drug-likeness (QED) is 0.817. The van der Waals surface area contributed by atoms with Crippen LogP contribution in [0.1, 0.15) is 15.9 Å². The van der Waals surface area contributed by atoms with E-state index in [1.54, 1.807) is 17.0 Å². The van der Waals surface area contributed by atoms with Crippen LogP contribution in [0.25, 0.3) is 0 Å². The molecule has 0 N–H and O–H groups in total. The van der Waals surface area contributed by atoms with E-state index in [2.05, 4.69) is 0 Å². The average Bonchev–Trinajstić information content (AvgIpc) is 3.01. The predicted octanol–water partition coefficient (Wildman–Crippen LogP) is 2.86. The second kappa shape index (κ2) is 6.84. The largest absolute Gasteiger partial charge is 0.336 e. The van der Waals surface area contributed by atoms with E-state index in [-0.39, 0.29) is 23.2 Å². The summed E-state index contributed by atoms with van der Waals surface area (Å²) in [5.41, 5.74) is 1.66. The number of hydrogen-bond acceptors (Lipinski definition) is 4. The average molecular weight is 385 g/mol. The Hall–Kier alpha value is -1.41. The lowest BCUT2D eigenvalue weighted by Crippen LogP contribution is -2.50. The van der Waals surface area contributed by atoms with Gasteiger partial charge in [-0.3, -0.25) is 4.79 Å². The monoisotopic (exact) mass is 384 g/mol. The molecule has 0 saturated carbocycles. The number of hydrogen-bond donors (Lipinski definition) is 0. The fraction of sp³-hybridized carbons (Fsp3) is 0.312. The summed E-state index contributed by atoms with van der Waals surface area (Å²) >= 11 is 6.88. The van der Waals surface area contributed by atoms with Crippen LogP contribution in [0.2, 0.25) is 4.34 Å². The SMILES string of the molecule is Cc1cccc(C(=O)N2CCN(S(=O)(=O)c3ccc(Cl)s3)CC2)c1. The Labute approximate surface area is 150 Å². The van der Waals surface area contributed by atoms with Crippen molar-refractivity contribution < 1.29 is 13.2 Å². The molecular formula is C16H17ClN2O3S2. The first kappa shape index (κ1) is 17.4. The van der Waals surface area contributed by atoms with Crippen molar-refractivity contribution in [1.82, 2.24) is 9.21 Å². The van der Waals surface area contributed by atoms with Crippen molar-refractivity contribution in [2.24, 2.45) is 0 Å². The van der Waals surface area contributed by atoms with Gasteiger partial charge in [-0.1, -0.05) is 29.3 Å². The standard InChI is InChI=1S/C16H17ClN2O3S2/c1-12-3-2-4-13(11-12)16(20)18-7-9-19(10-8-18)24(21,22)15-6-5-14(17)23-15/h2-6,11H,7-10H2,1H3. The zero-order valence-electron chi connectivity index (χ0n) is 13.1. The maximum absolute atomic E-state index is 12.6. The fourth-order valence-corrected chi connectivity index (χ4v) is 5.72. The van der Waals surface area contributed by atoms with Crippen molar-refractivity contribution in [2.75, 3.05) is 26.2 Å². The number of sulfonamides is 1. The van der Waals surface area contributed by atoms with Crippen LogP contribution in [0, 0.1) is 6.92 Å². The number of carbonyl (C=O) groups excluding carboxylic acids is 1. The van der Waals surface area contributed by atoms with Gasteiger partial charge in [0, 0.05) is 31.7 Å². The summed E-state index contributed by atoms with van der Waals surface area (Å²) in [4.78, 5) is 14.2. The van der Waals surface area contributed by atoms with Crippen molar-refractivity contribution >= 4 is 38.9 Å².